The minimum Gasteiger partial charge on any atom is -0.348 e. The van der Waals surface area contributed by atoms with Crippen LogP contribution in [0.5, 0.6) is 0 Å². The second kappa shape index (κ2) is 6.02. The van der Waals surface area contributed by atoms with Gasteiger partial charge in [-0.05, 0) is 26.7 Å². The molecule has 1 saturated heterocycles. The summed E-state index contributed by atoms with van der Waals surface area (Å²) >= 11 is 0. The van der Waals surface area contributed by atoms with Gasteiger partial charge in [0, 0.05) is 31.4 Å². The number of imidazole rings is 1. The van der Waals surface area contributed by atoms with E-state index in [0.717, 1.165) is 30.8 Å². The fourth-order valence-electron chi connectivity index (χ4n) is 2.33. The SMILES string of the molecule is CCS(=O)(=O)N1CCC(NCc2nc[nH]c2C)CC1. The normalized spacial score (nSPS) is 18.8. The number of aromatic nitrogens is 2. The van der Waals surface area contributed by atoms with Crippen LogP contribution in [-0.2, 0) is 16.6 Å². The Morgan fingerprint density at radius 3 is 2.68 bits per heavy atom. The van der Waals surface area contributed by atoms with Crippen molar-refractivity contribution in [2.75, 3.05) is 18.8 Å². The average Bonchev–Trinajstić information content (AvgIpc) is 2.82. The van der Waals surface area contributed by atoms with E-state index in [2.05, 4.69) is 15.3 Å². The molecule has 0 spiro atoms. The summed E-state index contributed by atoms with van der Waals surface area (Å²) in [5.74, 6) is 0.192. The van der Waals surface area contributed by atoms with E-state index in [1.807, 2.05) is 6.92 Å². The number of H-pyrrole nitrogens is 1. The molecule has 0 radical (unpaired) electrons. The van der Waals surface area contributed by atoms with E-state index in [0.29, 0.717) is 19.1 Å². The van der Waals surface area contributed by atoms with Crippen LogP contribution in [0.2, 0.25) is 0 Å². The van der Waals surface area contributed by atoms with Gasteiger partial charge in [-0.2, -0.15) is 0 Å². The van der Waals surface area contributed by atoms with Crippen LogP contribution < -0.4 is 5.32 Å². The van der Waals surface area contributed by atoms with Crippen molar-refractivity contribution < 1.29 is 8.42 Å². The van der Waals surface area contributed by atoms with Crippen molar-refractivity contribution in [1.29, 1.82) is 0 Å². The average molecular weight is 286 g/mol. The first-order valence-electron chi connectivity index (χ1n) is 6.73. The van der Waals surface area contributed by atoms with E-state index in [-0.39, 0.29) is 5.75 Å². The molecule has 2 N–H and O–H groups in total. The summed E-state index contributed by atoms with van der Waals surface area (Å²) in [6.45, 7) is 5.67. The number of aryl methyl sites for hydroxylation is 1. The smallest absolute Gasteiger partial charge is 0.213 e. The summed E-state index contributed by atoms with van der Waals surface area (Å²) in [6.07, 6.45) is 3.42. The predicted octanol–water partition coefficient (Wildman–Crippen LogP) is 0.622. The second-order valence-corrected chi connectivity index (χ2v) is 7.19. The zero-order valence-electron chi connectivity index (χ0n) is 11.5. The van der Waals surface area contributed by atoms with Gasteiger partial charge in [0.15, 0.2) is 0 Å². The number of rotatable bonds is 5. The molecule has 1 aromatic rings. The minimum absolute atomic E-state index is 0.192. The highest BCUT2D eigenvalue weighted by atomic mass is 32.2. The first-order chi connectivity index (χ1) is 9.03. The molecule has 108 valence electrons. The van der Waals surface area contributed by atoms with Crippen LogP contribution in [0.25, 0.3) is 0 Å². The molecule has 0 unspecified atom stereocenters. The predicted molar refractivity (Wildman–Crippen MR) is 74.2 cm³/mol. The maximum atomic E-state index is 11.7. The summed E-state index contributed by atoms with van der Waals surface area (Å²) in [4.78, 5) is 7.30. The molecule has 1 aliphatic rings. The topological polar surface area (TPSA) is 78.1 Å². The van der Waals surface area contributed by atoms with Crippen molar-refractivity contribution in [2.45, 2.75) is 39.3 Å². The summed E-state index contributed by atoms with van der Waals surface area (Å²) in [6, 6.07) is 0.374. The molecule has 19 heavy (non-hydrogen) atoms. The lowest BCUT2D eigenvalue weighted by Gasteiger charge is -2.31. The summed E-state index contributed by atoms with van der Waals surface area (Å²) in [5, 5.41) is 3.45. The lowest BCUT2D eigenvalue weighted by molar-refractivity contribution is 0.288. The van der Waals surface area contributed by atoms with E-state index in [1.165, 1.54) is 0 Å². The molecule has 1 aliphatic heterocycles. The molecule has 7 heteroatoms. The Balaban J connectivity index is 1.80. The van der Waals surface area contributed by atoms with Gasteiger partial charge in [-0.1, -0.05) is 0 Å². The first kappa shape index (κ1) is 14.5. The third kappa shape index (κ3) is 3.55. The Kier molecular flexibility index (Phi) is 4.59. The van der Waals surface area contributed by atoms with Crippen molar-refractivity contribution in [3.05, 3.63) is 17.7 Å². The van der Waals surface area contributed by atoms with Gasteiger partial charge < -0.3 is 10.3 Å². The lowest BCUT2D eigenvalue weighted by Crippen LogP contribution is -2.45. The third-order valence-electron chi connectivity index (χ3n) is 3.70. The van der Waals surface area contributed by atoms with Gasteiger partial charge in [-0.15, -0.1) is 0 Å². The number of hydrogen-bond acceptors (Lipinski definition) is 4. The van der Waals surface area contributed by atoms with E-state index < -0.39 is 10.0 Å². The van der Waals surface area contributed by atoms with Crippen LogP contribution >= 0.6 is 0 Å². The highest BCUT2D eigenvalue weighted by Crippen LogP contribution is 2.15. The van der Waals surface area contributed by atoms with Gasteiger partial charge in [-0.25, -0.2) is 17.7 Å². The molecule has 0 atom stereocenters. The van der Waals surface area contributed by atoms with Crippen molar-refractivity contribution in [1.82, 2.24) is 19.6 Å². The van der Waals surface area contributed by atoms with Crippen LogP contribution in [0.3, 0.4) is 0 Å². The van der Waals surface area contributed by atoms with E-state index >= 15 is 0 Å². The van der Waals surface area contributed by atoms with Gasteiger partial charge in [0.25, 0.3) is 0 Å². The fourth-order valence-corrected chi connectivity index (χ4v) is 3.46. The standard InChI is InChI=1S/C12H22N4O2S/c1-3-19(17,18)16-6-4-11(5-7-16)13-8-12-10(2)14-9-15-12/h9,11,13H,3-8H2,1-2H3,(H,14,15). The number of sulfonamides is 1. The van der Waals surface area contributed by atoms with Gasteiger partial charge >= 0.3 is 0 Å². The molecule has 6 nitrogen and oxygen atoms in total. The molecule has 0 aromatic carbocycles. The second-order valence-electron chi connectivity index (χ2n) is 4.93. The van der Waals surface area contributed by atoms with Gasteiger partial charge in [-0.3, -0.25) is 0 Å². The maximum Gasteiger partial charge on any atom is 0.213 e. The first-order valence-corrected chi connectivity index (χ1v) is 8.34. The number of nitrogens with one attached hydrogen (secondary N) is 2. The molecule has 1 fully saturated rings. The Bertz CT molecular complexity index is 504. The molecule has 2 rings (SSSR count). The van der Waals surface area contributed by atoms with Crippen molar-refractivity contribution in [3.63, 3.8) is 0 Å². The largest absolute Gasteiger partial charge is 0.348 e. The highest BCUT2D eigenvalue weighted by molar-refractivity contribution is 7.89. The molecule has 1 aromatic heterocycles. The lowest BCUT2D eigenvalue weighted by atomic mass is 10.1. The van der Waals surface area contributed by atoms with Crippen LogP contribution in [0, 0.1) is 6.92 Å². The van der Waals surface area contributed by atoms with E-state index in [9.17, 15) is 8.42 Å². The van der Waals surface area contributed by atoms with Crippen molar-refractivity contribution >= 4 is 10.0 Å². The summed E-state index contributed by atoms with van der Waals surface area (Å²) < 4.78 is 25.1. The summed E-state index contributed by atoms with van der Waals surface area (Å²) in [7, 11) is -3.02. The Labute approximate surface area is 114 Å². The zero-order valence-corrected chi connectivity index (χ0v) is 12.3. The van der Waals surface area contributed by atoms with Crippen LogP contribution in [0.15, 0.2) is 6.33 Å². The van der Waals surface area contributed by atoms with Crippen LogP contribution in [-0.4, -0.2) is 47.6 Å². The number of hydrogen-bond donors (Lipinski definition) is 2. The Morgan fingerprint density at radius 1 is 1.47 bits per heavy atom. The van der Waals surface area contributed by atoms with Gasteiger partial charge in [0.1, 0.15) is 0 Å². The Morgan fingerprint density at radius 2 is 2.16 bits per heavy atom. The van der Waals surface area contributed by atoms with Gasteiger partial charge in [0.05, 0.1) is 17.8 Å². The third-order valence-corrected chi connectivity index (χ3v) is 5.59. The van der Waals surface area contributed by atoms with E-state index in [1.54, 1.807) is 17.6 Å². The van der Waals surface area contributed by atoms with Crippen molar-refractivity contribution in [3.8, 4) is 0 Å². The molecule has 0 aliphatic carbocycles. The molecular formula is C12H22N4O2S. The van der Waals surface area contributed by atoms with Crippen molar-refractivity contribution in [2.24, 2.45) is 0 Å². The van der Waals surface area contributed by atoms with Gasteiger partial charge in [0.2, 0.25) is 10.0 Å². The molecule has 2 heterocycles. The molecule has 0 bridgehead atoms. The fraction of sp³-hybridized carbons (Fsp3) is 0.750. The van der Waals surface area contributed by atoms with Crippen LogP contribution in [0.1, 0.15) is 31.2 Å². The molecule has 0 amide bonds. The highest BCUT2D eigenvalue weighted by Gasteiger charge is 2.26. The quantitative estimate of drug-likeness (QED) is 0.832. The summed E-state index contributed by atoms with van der Waals surface area (Å²) in [5.41, 5.74) is 2.11. The number of aromatic amines is 1. The maximum absolute atomic E-state index is 11.7. The van der Waals surface area contributed by atoms with Crippen LogP contribution in [0.4, 0.5) is 0 Å². The molecule has 0 saturated carbocycles. The number of nitrogens with zero attached hydrogens (tertiary/aromatic N) is 2. The number of piperidine rings is 1. The molecular weight excluding hydrogens is 264 g/mol. The van der Waals surface area contributed by atoms with E-state index in [4.69, 9.17) is 0 Å². The zero-order chi connectivity index (χ0) is 13.9. The minimum atomic E-state index is -3.02. The monoisotopic (exact) mass is 286 g/mol. The Hall–Kier alpha value is -0.920.